The smallest absolute Gasteiger partial charge is 0.263 e. The van der Waals surface area contributed by atoms with Gasteiger partial charge in [-0.15, -0.1) is 0 Å². The van der Waals surface area contributed by atoms with Crippen LogP contribution in [0.25, 0.3) is 11.1 Å². The molecule has 1 aromatic heterocycles. The van der Waals surface area contributed by atoms with Crippen molar-refractivity contribution in [2.75, 3.05) is 30.0 Å². The van der Waals surface area contributed by atoms with Crippen LogP contribution in [0, 0.1) is 5.82 Å². The second-order valence-corrected chi connectivity index (χ2v) is 9.59. The zero-order chi connectivity index (χ0) is 24.9. The van der Waals surface area contributed by atoms with Gasteiger partial charge in [0, 0.05) is 41.5 Å². The molecule has 2 bridgehead atoms. The van der Waals surface area contributed by atoms with Crippen LogP contribution in [-0.2, 0) is 4.74 Å². The summed E-state index contributed by atoms with van der Waals surface area (Å²) < 4.78 is 20.3. The molecule has 3 heterocycles. The Bertz CT molecular complexity index is 1330. The summed E-state index contributed by atoms with van der Waals surface area (Å²) in [6, 6.07) is 11.3. The van der Waals surface area contributed by atoms with E-state index in [4.69, 9.17) is 27.9 Å². The van der Waals surface area contributed by atoms with Gasteiger partial charge in [-0.1, -0.05) is 29.3 Å². The van der Waals surface area contributed by atoms with E-state index < -0.39 is 11.7 Å². The third-order valence-electron chi connectivity index (χ3n) is 6.54. The van der Waals surface area contributed by atoms with Crippen molar-refractivity contribution in [2.24, 2.45) is 0 Å². The third-order valence-corrected chi connectivity index (χ3v) is 7.18. The standard InChI is InChI=1S/C26H22Cl2FN3O3/c1-14(33)15-6-7-20(27)19(8-15)16-9-23(32-12-18-10-17(32)13-35-18)25(30-11-16)31(2)26(34)24-21(28)4-3-5-22(24)29/h3-9,11,17-18H,10,12-13H2,1-2H3/t17-,18-/m0/s1. The summed E-state index contributed by atoms with van der Waals surface area (Å²) in [5.74, 6) is -1.01. The number of amides is 1. The third kappa shape index (κ3) is 4.29. The molecule has 2 aliphatic heterocycles. The Morgan fingerprint density at radius 3 is 2.63 bits per heavy atom. The van der Waals surface area contributed by atoms with Gasteiger partial charge >= 0.3 is 0 Å². The molecule has 0 aliphatic carbocycles. The number of hydrogen-bond donors (Lipinski definition) is 0. The van der Waals surface area contributed by atoms with Crippen molar-refractivity contribution >= 4 is 46.4 Å². The van der Waals surface area contributed by atoms with Gasteiger partial charge in [-0.2, -0.15) is 0 Å². The lowest BCUT2D eigenvalue weighted by atomic mass is 10.0. The molecule has 2 fully saturated rings. The first-order valence-electron chi connectivity index (χ1n) is 11.2. The van der Waals surface area contributed by atoms with Gasteiger partial charge < -0.3 is 9.64 Å². The van der Waals surface area contributed by atoms with Crippen LogP contribution in [0.2, 0.25) is 10.0 Å². The Labute approximate surface area is 212 Å². The Balaban J connectivity index is 1.61. The van der Waals surface area contributed by atoms with Gasteiger partial charge in [0.05, 0.1) is 35.0 Å². The van der Waals surface area contributed by atoms with E-state index in [1.807, 2.05) is 6.07 Å². The molecule has 0 N–H and O–H groups in total. The van der Waals surface area contributed by atoms with Crippen LogP contribution >= 0.6 is 23.2 Å². The van der Waals surface area contributed by atoms with E-state index in [1.54, 1.807) is 31.4 Å². The van der Waals surface area contributed by atoms with Gasteiger partial charge in [-0.25, -0.2) is 9.37 Å². The van der Waals surface area contributed by atoms with E-state index in [9.17, 15) is 14.0 Å². The van der Waals surface area contributed by atoms with Gasteiger partial charge in [0.2, 0.25) is 0 Å². The first-order chi connectivity index (χ1) is 16.7. The lowest BCUT2D eigenvalue weighted by Crippen LogP contribution is -2.39. The van der Waals surface area contributed by atoms with Crippen molar-refractivity contribution in [1.29, 1.82) is 0 Å². The zero-order valence-corrected chi connectivity index (χ0v) is 20.6. The predicted octanol–water partition coefficient (Wildman–Crippen LogP) is 5.65. The topological polar surface area (TPSA) is 62.7 Å². The quantitative estimate of drug-likeness (QED) is 0.412. The minimum absolute atomic E-state index is 0.0291. The monoisotopic (exact) mass is 513 g/mol. The molecule has 3 aromatic rings. The van der Waals surface area contributed by atoms with Crippen molar-refractivity contribution in [3.63, 3.8) is 0 Å². The minimum Gasteiger partial charge on any atom is -0.374 e. The number of ketones is 1. The molecule has 0 saturated carbocycles. The molecule has 5 rings (SSSR count). The molecule has 2 aliphatic rings. The molecular formula is C26H22Cl2FN3O3. The van der Waals surface area contributed by atoms with Crippen LogP contribution < -0.4 is 9.80 Å². The number of fused-ring (bicyclic) bond motifs is 2. The van der Waals surface area contributed by atoms with Crippen LogP contribution in [0.5, 0.6) is 0 Å². The molecule has 0 unspecified atom stereocenters. The van der Waals surface area contributed by atoms with Gasteiger partial charge in [0.15, 0.2) is 11.6 Å². The van der Waals surface area contributed by atoms with E-state index in [1.165, 1.54) is 30.0 Å². The fraction of sp³-hybridized carbons (Fsp3) is 0.269. The number of aromatic nitrogens is 1. The highest BCUT2D eigenvalue weighted by atomic mass is 35.5. The van der Waals surface area contributed by atoms with Crippen molar-refractivity contribution in [3.8, 4) is 11.1 Å². The second-order valence-electron chi connectivity index (χ2n) is 8.78. The van der Waals surface area contributed by atoms with E-state index in [0.29, 0.717) is 46.4 Å². The number of morpholine rings is 1. The number of benzene rings is 2. The zero-order valence-electron chi connectivity index (χ0n) is 19.1. The average Bonchev–Trinajstić information content (AvgIpc) is 3.47. The molecule has 0 radical (unpaired) electrons. The highest BCUT2D eigenvalue weighted by molar-refractivity contribution is 6.34. The minimum atomic E-state index is -0.700. The molecule has 2 saturated heterocycles. The van der Waals surface area contributed by atoms with Crippen molar-refractivity contribution in [3.05, 3.63) is 75.7 Å². The maximum atomic E-state index is 14.5. The molecule has 180 valence electrons. The molecule has 2 atom stereocenters. The van der Waals surface area contributed by atoms with Crippen LogP contribution in [0.4, 0.5) is 15.9 Å². The van der Waals surface area contributed by atoms with Crippen LogP contribution in [-0.4, -0.2) is 49.0 Å². The molecule has 2 aromatic carbocycles. The summed E-state index contributed by atoms with van der Waals surface area (Å²) in [6.45, 7) is 2.72. The summed E-state index contributed by atoms with van der Waals surface area (Å²) in [4.78, 5) is 33.3. The van der Waals surface area contributed by atoms with E-state index in [2.05, 4.69) is 9.88 Å². The van der Waals surface area contributed by atoms with E-state index in [-0.39, 0.29) is 28.5 Å². The van der Waals surface area contributed by atoms with Gasteiger partial charge in [-0.05, 0) is 49.7 Å². The molecule has 9 heteroatoms. The maximum absolute atomic E-state index is 14.5. The Kier molecular flexibility index (Phi) is 6.25. The maximum Gasteiger partial charge on any atom is 0.263 e. The van der Waals surface area contributed by atoms with Gasteiger partial charge in [0.1, 0.15) is 5.82 Å². The van der Waals surface area contributed by atoms with Crippen LogP contribution in [0.3, 0.4) is 0 Å². The molecule has 0 spiro atoms. The van der Waals surface area contributed by atoms with Crippen molar-refractivity contribution in [1.82, 2.24) is 4.98 Å². The Morgan fingerprint density at radius 1 is 1.17 bits per heavy atom. The lowest BCUT2D eigenvalue weighted by Gasteiger charge is -2.32. The number of ether oxygens (including phenoxy) is 1. The van der Waals surface area contributed by atoms with Crippen molar-refractivity contribution < 1.29 is 18.7 Å². The SMILES string of the molecule is CC(=O)c1ccc(Cl)c(-c2cnc(N(C)C(=O)c3c(F)cccc3Cl)c(N3C[C@@H]4C[C@H]3CO4)c2)c1. The number of rotatable bonds is 5. The van der Waals surface area contributed by atoms with Gasteiger partial charge in [0.25, 0.3) is 5.91 Å². The van der Waals surface area contributed by atoms with Crippen LogP contribution in [0.15, 0.2) is 48.7 Å². The number of pyridine rings is 1. The summed E-state index contributed by atoms with van der Waals surface area (Å²) in [5.41, 5.74) is 2.38. The second kappa shape index (κ2) is 9.22. The van der Waals surface area contributed by atoms with Crippen LogP contribution in [0.1, 0.15) is 34.1 Å². The highest BCUT2D eigenvalue weighted by Crippen LogP contribution is 2.40. The fourth-order valence-corrected chi connectivity index (χ4v) is 5.16. The van der Waals surface area contributed by atoms with E-state index >= 15 is 0 Å². The molecule has 35 heavy (non-hydrogen) atoms. The average molecular weight is 514 g/mol. The summed E-state index contributed by atoms with van der Waals surface area (Å²) in [7, 11) is 1.55. The number of nitrogens with zero attached hydrogens (tertiary/aromatic N) is 3. The number of Topliss-reactive ketones (excluding diaryl/α,β-unsaturated/α-hetero) is 1. The predicted molar refractivity (Wildman–Crippen MR) is 134 cm³/mol. The normalized spacial score (nSPS) is 18.7. The number of hydrogen-bond acceptors (Lipinski definition) is 5. The number of halogens is 3. The Hall–Kier alpha value is -3.00. The Morgan fingerprint density at radius 2 is 1.97 bits per heavy atom. The lowest BCUT2D eigenvalue weighted by molar-refractivity contribution is 0.0983. The number of carbonyl (C=O) groups excluding carboxylic acids is 2. The largest absolute Gasteiger partial charge is 0.374 e. The first kappa shape index (κ1) is 23.7. The van der Waals surface area contributed by atoms with Gasteiger partial charge in [-0.3, -0.25) is 14.5 Å². The molecule has 6 nitrogen and oxygen atoms in total. The highest BCUT2D eigenvalue weighted by Gasteiger charge is 2.41. The number of carbonyl (C=O) groups is 2. The van der Waals surface area contributed by atoms with E-state index in [0.717, 1.165) is 6.42 Å². The molecule has 1 amide bonds. The molecular weight excluding hydrogens is 492 g/mol. The summed E-state index contributed by atoms with van der Waals surface area (Å²) in [6.07, 6.45) is 2.57. The van der Waals surface area contributed by atoms with Crippen molar-refractivity contribution in [2.45, 2.75) is 25.5 Å². The fourth-order valence-electron chi connectivity index (χ4n) is 4.69. The number of anilines is 2. The summed E-state index contributed by atoms with van der Waals surface area (Å²) in [5, 5.41) is 0.505. The summed E-state index contributed by atoms with van der Waals surface area (Å²) >= 11 is 12.6. The first-order valence-corrected chi connectivity index (χ1v) is 11.9.